The largest absolute Gasteiger partial charge is 0.280 e. The van der Waals surface area contributed by atoms with Gasteiger partial charge in [0.2, 0.25) is 4.77 Å². The summed E-state index contributed by atoms with van der Waals surface area (Å²) in [6, 6.07) is 11.7. The first-order chi connectivity index (χ1) is 15.3. The quantitative estimate of drug-likeness (QED) is 0.476. The standard InChI is InChI=1S/C22H24F2N4O2S2/c1-2-12-26(20-11-13-32(29,30)14-20)15-27-22(31)28(19-9-7-18(24)8-10-19)21(25-27)16-3-5-17(23)6-4-16/h3-10,20H,2,11-15H2,1H3/t20-/m1/s1. The van der Waals surface area contributed by atoms with Crippen molar-refractivity contribution in [3.8, 4) is 17.1 Å². The predicted octanol–water partition coefficient (Wildman–Crippen LogP) is 4.21. The zero-order valence-corrected chi connectivity index (χ0v) is 19.2. The maximum Gasteiger partial charge on any atom is 0.204 e. The molecule has 1 aliphatic heterocycles. The fraction of sp³-hybridized carbons (Fsp3) is 0.364. The maximum atomic E-state index is 13.5. The molecule has 1 aliphatic rings. The number of nitrogens with zero attached hydrogens (tertiary/aromatic N) is 4. The summed E-state index contributed by atoms with van der Waals surface area (Å²) >= 11 is 5.73. The average molecular weight is 479 g/mol. The van der Waals surface area contributed by atoms with Gasteiger partial charge in [-0.2, -0.15) is 0 Å². The molecule has 2 heterocycles. The Balaban J connectivity index is 1.77. The van der Waals surface area contributed by atoms with E-state index in [-0.39, 0.29) is 29.2 Å². The molecule has 10 heteroatoms. The van der Waals surface area contributed by atoms with Gasteiger partial charge in [0.15, 0.2) is 15.7 Å². The van der Waals surface area contributed by atoms with Crippen LogP contribution in [0.5, 0.6) is 0 Å². The molecule has 0 spiro atoms. The van der Waals surface area contributed by atoms with Crippen LogP contribution in [-0.4, -0.2) is 51.8 Å². The van der Waals surface area contributed by atoms with Crippen molar-refractivity contribution >= 4 is 22.1 Å². The van der Waals surface area contributed by atoms with Crippen molar-refractivity contribution in [3.05, 3.63) is 64.9 Å². The van der Waals surface area contributed by atoms with E-state index in [0.717, 1.165) is 6.42 Å². The lowest BCUT2D eigenvalue weighted by atomic mass is 10.2. The minimum Gasteiger partial charge on any atom is -0.280 e. The van der Waals surface area contributed by atoms with E-state index in [1.165, 1.54) is 24.3 Å². The zero-order valence-electron chi connectivity index (χ0n) is 17.6. The van der Waals surface area contributed by atoms with Gasteiger partial charge in [0.25, 0.3) is 0 Å². The predicted molar refractivity (Wildman–Crippen MR) is 122 cm³/mol. The lowest BCUT2D eigenvalue weighted by molar-refractivity contribution is 0.155. The number of halogens is 2. The van der Waals surface area contributed by atoms with E-state index in [9.17, 15) is 17.2 Å². The Bertz CT molecular complexity index is 1250. The molecule has 0 saturated carbocycles. The van der Waals surface area contributed by atoms with E-state index in [2.05, 4.69) is 4.90 Å². The second-order valence-corrected chi connectivity index (χ2v) is 10.5. The van der Waals surface area contributed by atoms with Gasteiger partial charge in [-0.05, 0) is 80.1 Å². The number of rotatable bonds is 7. The number of sulfone groups is 1. The van der Waals surface area contributed by atoms with Gasteiger partial charge >= 0.3 is 0 Å². The summed E-state index contributed by atoms with van der Waals surface area (Å²) in [6.07, 6.45) is 1.44. The normalized spacial score (nSPS) is 17.8. The van der Waals surface area contributed by atoms with Crippen LogP contribution in [0.4, 0.5) is 8.78 Å². The molecular weight excluding hydrogens is 454 g/mol. The molecule has 6 nitrogen and oxygen atoms in total. The van der Waals surface area contributed by atoms with E-state index in [4.69, 9.17) is 17.3 Å². The summed E-state index contributed by atoms with van der Waals surface area (Å²) in [5.41, 5.74) is 1.29. The lowest BCUT2D eigenvalue weighted by Crippen LogP contribution is -2.38. The van der Waals surface area contributed by atoms with Gasteiger partial charge in [-0.25, -0.2) is 21.9 Å². The van der Waals surface area contributed by atoms with Gasteiger partial charge in [0.05, 0.1) is 23.9 Å². The molecular formula is C22H24F2N4O2S2. The van der Waals surface area contributed by atoms with Gasteiger partial charge in [-0.15, -0.1) is 5.10 Å². The van der Waals surface area contributed by atoms with Crippen LogP contribution < -0.4 is 0 Å². The molecule has 1 aromatic heterocycles. The van der Waals surface area contributed by atoms with Gasteiger partial charge in [-0.1, -0.05) is 6.92 Å². The Morgan fingerprint density at radius 2 is 1.72 bits per heavy atom. The third kappa shape index (κ3) is 4.82. The number of aromatic nitrogens is 3. The zero-order chi connectivity index (χ0) is 22.9. The van der Waals surface area contributed by atoms with Gasteiger partial charge in [0.1, 0.15) is 11.6 Å². The molecule has 3 aromatic rings. The van der Waals surface area contributed by atoms with Crippen molar-refractivity contribution in [1.82, 2.24) is 19.2 Å². The smallest absolute Gasteiger partial charge is 0.204 e. The van der Waals surface area contributed by atoms with Crippen LogP contribution in [0.3, 0.4) is 0 Å². The molecule has 32 heavy (non-hydrogen) atoms. The third-order valence-electron chi connectivity index (χ3n) is 5.58. The number of benzene rings is 2. The topological polar surface area (TPSA) is 60.1 Å². The molecule has 1 fully saturated rings. The van der Waals surface area contributed by atoms with Crippen molar-refractivity contribution in [2.45, 2.75) is 32.5 Å². The Morgan fingerprint density at radius 3 is 2.28 bits per heavy atom. The van der Waals surface area contributed by atoms with Gasteiger partial charge in [-0.3, -0.25) is 9.47 Å². The number of hydrogen-bond donors (Lipinski definition) is 0. The first kappa shape index (κ1) is 22.8. The minimum absolute atomic E-state index is 0.0907. The van der Waals surface area contributed by atoms with E-state index in [1.807, 2.05) is 6.92 Å². The molecule has 1 saturated heterocycles. The lowest BCUT2D eigenvalue weighted by Gasteiger charge is -2.27. The van der Waals surface area contributed by atoms with Crippen LogP contribution in [-0.2, 0) is 16.5 Å². The number of hydrogen-bond acceptors (Lipinski definition) is 5. The van der Waals surface area contributed by atoms with Crippen LogP contribution in [0.25, 0.3) is 17.1 Å². The summed E-state index contributed by atoms with van der Waals surface area (Å²) in [4.78, 5) is 2.09. The van der Waals surface area contributed by atoms with Crippen LogP contribution >= 0.6 is 12.2 Å². The van der Waals surface area contributed by atoms with Crippen LogP contribution in [0.1, 0.15) is 19.8 Å². The Kier molecular flexibility index (Phi) is 6.55. The van der Waals surface area contributed by atoms with Crippen molar-refractivity contribution in [2.75, 3.05) is 18.1 Å². The summed E-state index contributed by atoms with van der Waals surface area (Å²) in [5, 5.41) is 4.71. The second kappa shape index (κ2) is 9.21. The first-order valence-corrected chi connectivity index (χ1v) is 12.7. The summed E-state index contributed by atoms with van der Waals surface area (Å²) in [7, 11) is -3.03. The fourth-order valence-corrected chi connectivity index (χ4v) is 6.05. The highest BCUT2D eigenvalue weighted by Crippen LogP contribution is 2.25. The Hall–Kier alpha value is -2.43. The first-order valence-electron chi connectivity index (χ1n) is 10.4. The monoisotopic (exact) mass is 478 g/mol. The van der Waals surface area contributed by atoms with E-state index in [1.54, 1.807) is 33.5 Å². The molecule has 1 atom stereocenters. The maximum absolute atomic E-state index is 13.5. The summed E-state index contributed by atoms with van der Waals surface area (Å²) in [6.45, 7) is 3.07. The van der Waals surface area contributed by atoms with Crippen molar-refractivity contribution < 1.29 is 17.2 Å². The highest BCUT2D eigenvalue weighted by atomic mass is 32.2. The molecule has 170 valence electrons. The average Bonchev–Trinajstić information content (AvgIpc) is 3.28. The molecule has 0 N–H and O–H groups in total. The van der Waals surface area contributed by atoms with Crippen molar-refractivity contribution in [1.29, 1.82) is 0 Å². The molecule has 0 radical (unpaired) electrons. The van der Waals surface area contributed by atoms with Crippen molar-refractivity contribution in [3.63, 3.8) is 0 Å². The molecule has 0 amide bonds. The SMILES string of the molecule is CCCN(Cn1nc(-c2ccc(F)cc2)n(-c2ccc(F)cc2)c1=S)[C@@H]1CCS(=O)(=O)C1. The van der Waals surface area contributed by atoms with E-state index >= 15 is 0 Å². The van der Waals surface area contributed by atoms with E-state index in [0.29, 0.717) is 41.5 Å². The van der Waals surface area contributed by atoms with Crippen LogP contribution in [0.15, 0.2) is 48.5 Å². The fourth-order valence-electron chi connectivity index (χ4n) is 4.00. The third-order valence-corrected chi connectivity index (χ3v) is 7.72. The Labute approximate surface area is 191 Å². The highest BCUT2D eigenvalue weighted by molar-refractivity contribution is 7.91. The second-order valence-electron chi connectivity index (χ2n) is 7.94. The minimum atomic E-state index is -3.03. The van der Waals surface area contributed by atoms with Gasteiger partial charge < -0.3 is 0 Å². The summed E-state index contributed by atoms with van der Waals surface area (Å²) < 4.78 is 54.8. The molecule has 4 rings (SSSR count). The molecule has 0 unspecified atom stereocenters. The Morgan fingerprint density at radius 1 is 1.09 bits per heavy atom. The molecule has 2 aromatic carbocycles. The van der Waals surface area contributed by atoms with Crippen LogP contribution in [0.2, 0.25) is 0 Å². The molecule has 0 aliphatic carbocycles. The summed E-state index contributed by atoms with van der Waals surface area (Å²) in [5.74, 6) is 0.0825. The van der Waals surface area contributed by atoms with Crippen LogP contribution in [0, 0.1) is 16.4 Å². The van der Waals surface area contributed by atoms with Gasteiger partial charge in [0, 0.05) is 11.6 Å². The van der Waals surface area contributed by atoms with Crippen molar-refractivity contribution in [2.24, 2.45) is 0 Å². The molecule has 0 bridgehead atoms. The van der Waals surface area contributed by atoms with E-state index < -0.39 is 9.84 Å². The highest BCUT2D eigenvalue weighted by Gasteiger charge is 2.32.